The van der Waals surface area contributed by atoms with E-state index in [-0.39, 0.29) is 12.1 Å². The molecule has 1 aromatic carbocycles. The van der Waals surface area contributed by atoms with Crippen molar-refractivity contribution in [2.75, 3.05) is 20.2 Å². The van der Waals surface area contributed by atoms with E-state index in [0.717, 1.165) is 24.5 Å². The van der Waals surface area contributed by atoms with Crippen molar-refractivity contribution < 1.29 is 9.47 Å². The zero-order chi connectivity index (χ0) is 15.0. The predicted molar refractivity (Wildman–Crippen MR) is 84.0 cm³/mol. The highest BCUT2D eigenvalue weighted by Crippen LogP contribution is 2.40. The van der Waals surface area contributed by atoms with E-state index in [1.807, 2.05) is 0 Å². The summed E-state index contributed by atoms with van der Waals surface area (Å²) in [5.74, 6) is 1.95. The van der Waals surface area contributed by atoms with Gasteiger partial charge in [0.2, 0.25) is 0 Å². The number of hydrogen-bond acceptors (Lipinski definition) is 4. The molecule has 4 nitrogen and oxygen atoms in total. The van der Waals surface area contributed by atoms with E-state index < -0.39 is 0 Å². The average molecular weight is 290 g/mol. The molecule has 0 amide bonds. The number of methoxy groups -OCH3 is 1. The van der Waals surface area contributed by atoms with Crippen molar-refractivity contribution in [2.24, 2.45) is 5.73 Å². The van der Waals surface area contributed by atoms with Crippen LogP contribution < -0.4 is 15.2 Å². The Kier molecular flexibility index (Phi) is 4.09. The molecule has 116 valence electrons. The first kappa shape index (κ1) is 14.7. The molecule has 4 heteroatoms. The molecular formula is C17H26N2O2. The summed E-state index contributed by atoms with van der Waals surface area (Å²) in [4.78, 5) is 2.50. The maximum absolute atomic E-state index is 6.10. The van der Waals surface area contributed by atoms with E-state index >= 15 is 0 Å². The molecule has 0 radical (unpaired) electrons. The van der Waals surface area contributed by atoms with Crippen LogP contribution in [-0.2, 0) is 6.42 Å². The second-order valence-electron chi connectivity index (χ2n) is 6.32. The van der Waals surface area contributed by atoms with E-state index in [4.69, 9.17) is 15.2 Å². The van der Waals surface area contributed by atoms with Crippen LogP contribution in [0.4, 0.5) is 0 Å². The van der Waals surface area contributed by atoms with Crippen molar-refractivity contribution in [1.29, 1.82) is 0 Å². The van der Waals surface area contributed by atoms with Gasteiger partial charge in [0.1, 0.15) is 17.6 Å². The van der Waals surface area contributed by atoms with Crippen molar-refractivity contribution in [3.8, 4) is 11.5 Å². The standard InChI is InChI=1S/C17H26N2O2/c1-11-5-4-6-19(11)15(10-18)14-9-16-13(7-12(2)21-16)8-17(14)20-3/h8-9,11-12,15H,4-7,10,18H2,1-3H3. The fourth-order valence-electron chi connectivity index (χ4n) is 3.75. The molecule has 1 saturated heterocycles. The van der Waals surface area contributed by atoms with Gasteiger partial charge in [-0.3, -0.25) is 4.90 Å². The fourth-order valence-corrected chi connectivity index (χ4v) is 3.75. The van der Waals surface area contributed by atoms with Crippen LogP contribution in [0, 0.1) is 0 Å². The lowest BCUT2D eigenvalue weighted by molar-refractivity contribution is 0.191. The molecule has 2 aliphatic rings. The number of benzene rings is 1. The normalized spacial score (nSPS) is 26.5. The Balaban J connectivity index is 1.98. The Morgan fingerprint density at radius 1 is 1.43 bits per heavy atom. The Labute approximate surface area is 127 Å². The lowest BCUT2D eigenvalue weighted by Crippen LogP contribution is -2.36. The second-order valence-corrected chi connectivity index (χ2v) is 6.32. The minimum absolute atomic E-state index is 0.210. The van der Waals surface area contributed by atoms with Crippen LogP contribution in [-0.4, -0.2) is 37.2 Å². The zero-order valence-electron chi connectivity index (χ0n) is 13.3. The summed E-state index contributed by atoms with van der Waals surface area (Å²) < 4.78 is 11.6. The van der Waals surface area contributed by atoms with Crippen LogP contribution in [0.2, 0.25) is 0 Å². The van der Waals surface area contributed by atoms with Gasteiger partial charge < -0.3 is 15.2 Å². The van der Waals surface area contributed by atoms with Gasteiger partial charge in [-0.1, -0.05) is 0 Å². The molecule has 2 aliphatic heterocycles. The van der Waals surface area contributed by atoms with Crippen molar-refractivity contribution in [3.63, 3.8) is 0 Å². The first-order chi connectivity index (χ1) is 10.1. The summed E-state index contributed by atoms with van der Waals surface area (Å²) in [6.45, 7) is 6.11. The molecule has 2 heterocycles. The maximum atomic E-state index is 6.10. The molecule has 1 fully saturated rings. The van der Waals surface area contributed by atoms with Gasteiger partial charge >= 0.3 is 0 Å². The van der Waals surface area contributed by atoms with Crippen LogP contribution in [0.3, 0.4) is 0 Å². The van der Waals surface area contributed by atoms with E-state index in [1.54, 1.807) is 7.11 Å². The molecule has 3 rings (SSSR count). The van der Waals surface area contributed by atoms with Gasteiger partial charge in [-0.2, -0.15) is 0 Å². The van der Waals surface area contributed by atoms with Gasteiger partial charge in [-0.05, 0) is 45.4 Å². The molecule has 0 bridgehead atoms. The van der Waals surface area contributed by atoms with Crippen LogP contribution in [0.5, 0.6) is 11.5 Å². The Morgan fingerprint density at radius 3 is 2.86 bits per heavy atom. The number of likely N-dealkylation sites (tertiary alicyclic amines) is 1. The molecule has 3 atom stereocenters. The number of nitrogens with two attached hydrogens (primary N) is 1. The third-order valence-corrected chi connectivity index (χ3v) is 4.84. The number of rotatable bonds is 4. The molecule has 0 aromatic heterocycles. The Bertz CT molecular complexity index is 518. The summed E-state index contributed by atoms with van der Waals surface area (Å²) in [7, 11) is 1.74. The van der Waals surface area contributed by atoms with Crippen molar-refractivity contribution in [3.05, 3.63) is 23.3 Å². The molecule has 3 unspecified atom stereocenters. The highest BCUT2D eigenvalue weighted by atomic mass is 16.5. The third-order valence-electron chi connectivity index (χ3n) is 4.84. The van der Waals surface area contributed by atoms with E-state index in [0.29, 0.717) is 12.6 Å². The maximum Gasteiger partial charge on any atom is 0.124 e. The van der Waals surface area contributed by atoms with Gasteiger partial charge in [0.05, 0.1) is 13.2 Å². The van der Waals surface area contributed by atoms with E-state index in [2.05, 4.69) is 30.9 Å². The molecule has 1 aromatic rings. The van der Waals surface area contributed by atoms with E-state index in [1.165, 1.54) is 24.0 Å². The third kappa shape index (κ3) is 2.62. The molecular weight excluding hydrogens is 264 g/mol. The monoisotopic (exact) mass is 290 g/mol. The summed E-state index contributed by atoms with van der Waals surface area (Å²) >= 11 is 0. The van der Waals surface area contributed by atoms with E-state index in [9.17, 15) is 0 Å². The smallest absolute Gasteiger partial charge is 0.124 e. The predicted octanol–water partition coefficient (Wildman–Crippen LogP) is 2.50. The summed E-state index contributed by atoms with van der Waals surface area (Å²) in [5, 5.41) is 0. The molecule has 0 spiro atoms. The average Bonchev–Trinajstić information content (AvgIpc) is 3.04. The summed E-state index contributed by atoms with van der Waals surface area (Å²) in [6.07, 6.45) is 3.71. The lowest BCUT2D eigenvalue weighted by atomic mass is 9.99. The van der Waals surface area contributed by atoms with Gasteiger partial charge in [-0.25, -0.2) is 0 Å². The summed E-state index contributed by atoms with van der Waals surface area (Å²) in [6, 6.07) is 5.08. The van der Waals surface area contributed by atoms with Crippen LogP contribution in [0.1, 0.15) is 43.9 Å². The number of fused-ring (bicyclic) bond motifs is 1. The molecule has 21 heavy (non-hydrogen) atoms. The van der Waals surface area contributed by atoms with Crippen molar-refractivity contribution in [2.45, 2.75) is 51.3 Å². The second kappa shape index (κ2) is 5.85. The highest BCUT2D eigenvalue weighted by molar-refractivity contribution is 5.50. The molecule has 0 aliphatic carbocycles. The minimum atomic E-state index is 0.210. The first-order valence-electron chi connectivity index (χ1n) is 7.97. The van der Waals surface area contributed by atoms with Crippen molar-refractivity contribution >= 4 is 0 Å². The Morgan fingerprint density at radius 2 is 2.24 bits per heavy atom. The van der Waals surface area contributed by atoms with Gasteiger partial charge in [0.15, 0.2) is 0 Å². The highest BCUT2D eigenvalue weighted by Gasteiger charge is 2.31. The molecule has 0 saturated carbocycles. The fraction of sp³-hybridized carbons (Fsp3) is 0.647. The summed E-state index contributed by atoms with van der Waals surface area (Å²) in [5.41, 5.74) is 8.52. The largest absolute Gasteiger partial charge is 0.496 e. The topological polar surface area (TPSA) is 47.7 Å². The van der Waals surface area contributed by atoms with Crippen LogP contribution in [0.25, 0.3) is 0 Å². The van der Waals surface area contributed by atoms with Gasteiger partial charge in [-0.15, -0.1) is 0 Å². The minimum Gasteiger partial charge on any atom is -0.496 e. The Hall–Kier alpha value is -1.26. The van der Waals surface area contributed by atoms with Gasteiger partial charge in [0, 0.05) is 30.1 Å². The number of hydrogen-bond donors (Lipinski definition) is 1. The number of nitrogens with zero attached hydrogens (tertiary/aromatic N) is 1. The van der Waals surface area contributed by atoms with Crippen LogP contribution >= 0.6 is 0 Å². The van der Waals surface area contributed by atoms with Crippen molar-refractivity contribution in [1.82, 2.24) is 4.90 Å². The van der Waals surface area contributed by atoms with Gasteiger partial charge in [0.25, 0.3) is 0 Å². The number of ether oxygens (including phenoxy) is 2. The zero-order valence-corrected chi connectivity index (χ0v) is 13.3. The van der Waals surface area contributed by atoms with Crippen LogP contribution in [0.15, 0.2) is 12.1 Å². The molecule has 2 N–H and O–H groups in total. The SMILES string of the molecule is COc1cc2c(cc1C(CN)N1CCCC1C)OC(C)C2. The first-order valence-corrected chi connectivity index (χ1v) is 7.97. The quantitative estimate of drug-likeness (QED) is 0.925. The lowest BCUT2D eigenvalue weighted by Gasteiger charge is -2.32.